The topological polar surface area (TPSA) is 91.5 Å². The van der Waals surface area contributed by atoms with E-state index in [-0.39, 0.29) is 16.6 Å². The van der Waals surface area contributed by atoms with Crippen molar-refractivity contribution in [3.63, 3.8) is 0 Å². The summed E-state index contributed by atoms with van der Waals surface area (Å²) in [4.78, 5) is 40.7. The molecule has 7 nitrogen and oxygen atoms in total. The molecule has 2 N–H and O–H groups in total. The minimum absolute atomic E-state index is 0.230. The Balaban J connectivity index is 2.27. The van der Waals surface area contributed by atoms with Crippen LogP contribution < -0.4 is 5.32 Å². The molecule has 0 aliphatic heterocycles. The number of aromatic amines is 1. The summed E-state index contributed by atoms with van der Waals surface area (Å²) in [5.74, 6) is -1.17. The van der Waals surface area contributed by atoms with Gasteiger partial charge in [0.1, 0.15) is 5.69 Å². The van der Waals surface area contributed by atoms with E-state index < -0.39 is 11.9 Å². The highest BCUT2D eigenvalue weighted by molar-refractivity contribution is 6.34. The Kier molecular flexibility index (Phi) is 5.72. The van der Waals surface area contributed by atoms with Crippen molar-refractivity contribution in [2.24, 2.45) is 0 Å². The molecule has 8 heteroatoms. The first-order valence-electron chi connectivity index (χ1n) is 7.77. The van der Waals surface area contributed by atoms with Gasteiger partial charge in [-0.15, -0.1) is 0 Å². The zero-order valence-corrected chi connectivity index (χ0v) is 15.9. The van der Waals surface area contributed by atoms with Crippen LogP contribution in [0.2, 0.25) is 5.02 Å². The molecule has 0 radical (unpaired) electrons. The van der Waals surface area contributed by atoms with Crippen molar-refractivity contribution in [2.45, 2.75) is 13.8 Å². The van der Waals surface area contributed by atoms with E-state index in [0.717, 1.165) is 0 Å². The third kappa shape index (κ3) is 3.72. The van der Waals surface area contributed by atoms with Gasteiger partial charge in [0.05, 0.1) is 23.3 Å². The van der Waals surface area contributed by atoms with Gasteiger partial charge in [-0.3, -0.25) is 9.59 Å². The van der Waals surface area contributed by atoms with Gasteiger partial charge in [0, 0.05) is 25.5 Å². The molecular weight excluding hydrogens is 358 g/mol. The van der Waals surface area contributed by atoms with E-state index in [2.05, 4.69) is 10.3 Å². The van der Waals surface area contributed by atoms with Crippen molar-refractivity contribution in [3.05, 3.63) is 51.3 Å². The monoisotopic (exact) mass is 377 g/mol. The second-order valence-corrected chi connectivity index (χ2v) is 6.37. The molecule has 0 atom stereocenters. The number of carbonyl (C=O) groups is 3. The van der Waals surface area contributed by atoms with Gasteiger partial charge in [-0.25, -0.2) is 4.79 Å². The normalized spacial score (nSPS) is 10.4. The smallest absolute Gasteiger partial charge is 0.339 e. The molecule has 1 aromatic carbocycles. The number of hydrogen-bond donors (Lipinski definition) is 2. The highest BCUT2D eigenvalue weighted by Crippen LogP contribution is 2.24. The fraction of sp³-hybridized carbons (Fsp3) is 0.278. The van der Waals surface area contributed by atoms with E-state index in [1.165, 1.54) is 18.1 Å². The highest BCUT2D eigenvalue weighted by Gasteiger charge is 2.23. The lowest BCUT2D eigenvalue weighted by Gasteiger charge is -2.12. The van der Waals surface area contributed by atoms with Gasteiger partial charge in [-0.2, -0.15) is 0 Å². The van der Waals surface area contributed by atoms with E-state index in [9.17, 15) is 14.4 Å². The number of benzene rings is 1. The van der Waals surface area contributed by atoms with Crippen molar-refractivity contribution >= 4 is 35.1 Å². The number of halogens is 1. The molecule has 2 rings (SSSR count). The standard InChI is InChI=1S/C18H20ClN3O4/c1-9-14(18(25)26-5)10(2)20-15(9)16(23)21-11-6-7-12(13(19)8-11)17(24)22(3)4/h6-8,20H,1-5H3,(H,21,23). The summed E-state index contributed by atoms with van der Waals surface area (Å²) in [6, 6.07) is 4.64. The summed E-state index contributed by atoms with van der Waals surface area (Å²) in [5.41, 5.74) is 2.41. The number of rotatable bonds is 4. The molecule has 26 heavy (non-hydrogen) atoms. The summed E-state index contributed by atoms with van der Waals surface area (Å²) >= 11 is 6.15. The minimum Gasteiger partial charge on any atom is -0.465 e. The Hall–Kier alpha value is -2.80. The first-order valence-corrected chi connectivity index (χ1v) is 8.15. The number of H-pyrrole nitrogens is 1. The van der Waals surface area contributed by atoms with Crippen LogP contribution in [-0.4, -0.2) is 48.9 Å². The predicted octanol–water partition coefficient (Wildman–Crippen LogP) is 3.03. The van der Waals surface area contributed by atoms with Crippen LogP contribution >= 0.6 is 11.6 Å². The van der Waals surface area contributed by atoms with Crippen LogP contribution in [0.25, 0.3) is 0 Å². The molecule has 2 aromatic rings. The molecule has 138 valence electrons. The number of aryl methyl sites for hydroxylation is 1. The SMILES string of the molecule is COC(=O)c1c(C)[nH]c(C(=O)Nc2ccc(C(=O)N(C)C)c(Cl)c2)c1C. The molecule has 2 amide bonds. The number of hydrogen-bond acceptors (Lipinski definition) is 4. The van der Waals surface area contributed by atoms with Crippen LogP contribution in [0.15, 0.2) is 18.2 Å². The van der Waals surface area contributed by atoms with Crippen molar-refractivity contribution < 1.29 is 19.1 Å². The minimum atomic E-state index is -0.509. The lowest BCUT2D eigenvalue weighted by Crippen LogP contribution is -2.22. The van der Waals surface area contributed by atoms with Gasteiger partial charge in [-0.05, 0) is 37.6 Å². The number of amides is 2. The molecular formula is C18H20ClN3O4. The number of esters is 1. The van der Waals surface area contributed by atoms with Crippen molar-refractivity contribution in [1.82, 2.24) is 9.88 Å². The molecule has 1 heterocycles. The fourth-order valence-electron chi connectivity index (χ4n) is 2.59. The number of aromatic nitrogens is 1. The summed E-state index contributed by atoms with van der Waals surface area (Å²) < 4.78 is 4.74. The Morgan fingerprint density at radius 3 is 2.38 bits per heavy atom. The number of ether oxygens (including phenoxy) is 1. The third-order valence-electron chi connectivity index (χ3n) is 3.92. The molecule has 0 aliphatic carbocycles. The Morgan fingerprint density at radius 2 is 1.85 bits per heavy atom. The fourth-order valence-corrected chi connectivity index (χ4v) is 2.85. The van der Waals surface area contributed by atoms with E-state index in [1.54, 1.807) is 40.1 Å². The quantitative estimate of drug-likeness (QED) is 0.801. The second-order valence-electron chi connectivity index (χ2n) is 5.96. The van der Waals surface area contributed by atoms with Crippen molar-refractivity contribution in [3.8, 4) is 0 Å². The van der Waals surface area contributed by atoms with E-state index >= 15 is 0 Å². The van der Waals surface area contributed by atoms with E-state index in [0.29, 0.717) is 28.1 Å². The summed E-state index contributed by atoms with van der Waals surface area (Å²) in [6.45, 7) is 3.35. The second kappa shape index (κ2) is 7.61. The molecule has 0 unspecified atom stereocenters. The summed E-state index contributed by atoms with van der Waals surface area (Å²) in [6.07, 6.45) is 0. The summed E-state index contributed by atoms with van der Waals surface area (Å²) in [7, 11) is 4.54. The van der Waals surface area contributed by atoms with Crippen LogP contribution in [0, 0.1) is 13.8 Å². The Morgan fingerprint density at radius 1 is 1.19 bits per heavy atom. The average Bonchev–Trinajstić information content (AvgIpc) is 2.88. The predicted molar refractivity (Wildman–Crippen MR) is 99.0 cm³/mol. The number of nitrogens with zero attached hydrogens (tertiary/aromatic N) is 1. The Labute approximate surface area is 156 Å². The summed E-state index contributed by atoms with van der Waals surface area (Å²) in [5, 5.41) is 2.93. The average molecular weight is 378 g/mol. The van der Waals surface area contributed by atoms with Crippen LogP contribution in [0.1, 0.15) is 42.5 Å². The third-order valence-corrected chi connectivity index (χ3v) is 4.23. The molecule has 0 fully saturated rings. The van der Waals surface area contributed by atoms with E-state index in [1.807, 2.05) is 0 Å². The number of anilines is 1. The first kappa shape index (κ1) is 19.5. The molecule has 0 bridgehead atoms. The zero-order valence-electron chi connectivity index (χ0n) is 15.2. The van der Waals surface area contributed by atoms with Gasteiger partial charge in [0.25, 0.3) is 11.8 Å². The van der Waals surface area contributed by atoms with Crippen LogP contribution in [0.5, 0.6) is 0 Å². The van der Waals surface area contributed by atoms with Gasteiger partial charge < -0.3 is 19.9 Å². The maximum absolute atomic E-state index is 12.5. The maximum atomic E-state index is 12.5. The van der Waals surface area contributed by atoms with Crippen LogP contribution in [-0.2, 0) is 4.74 Å². The molecule has 0 spiro atoms. The van der Waals surface area contributed by atoms with Crippen LogP contribution in [0.3, 0.4) is 0 Å². The lowest BCUT2D eigenvalue weighted by molar-refractivity contribution is 0.0599. The van der Waals surface area contributed by atoms with Gasteiger partial charge in [0.2, 0.25) is 0 Å². The number of nitrogens with one attached hydrogen (secondary N) is 2. The largest absolute Gasteiger partial charge is 0.465 e. The zero-order chi connectivity index (χ0) is 19.6. The van der Waals surface area contributed by atoms with E-state index in [4.69, 9.17) is 16.3 Å². The maximum Gasteiger partial charge on any atom is 0.339 e. The van der Waals surface area contributed by atoms with Crippen LogP contribution in [0.4, 0.5) is 5.69 Å². The number of carbonyl (C=O) groups excluding carboxylic acids is 3. The van der Waals surface area contributed by atoms with Gasteiger partial charge in [-0.1, -0.05) is 11.6 Å². The molecule has 1 aromatic heterocycles. The van der Waals surface area contributed by atoms with Gasteiger partial charge in [0.15, 0.2) is 0 Å². The lowest BCUT2D eigenvalue weighted by atomic mass is 10.1. The highest BCUT2D eigenvalue weighted by atomic mass is 35.5. The Bertz CT molecular complexity index is 887. The van der Waals surface area contributed by atoms with Gasteiger partial charge >= 0.3 is 5.97 Å². The van der Waals surface area contributed by atoms with Crippen molar-refractivity contribution in [2.75, 3.05) is 26.5 Å². The first-order chi connectivity index (χ1) is 12.2. The molecule has 0 aliphatic rings. The molecule has 0 saturated heterocycles. The van der Waals surface area contributed by atoms with Crippen molar-refractivity contribution in [1.29, 1.82) is 0 Å². The number of methoxy groups -OCH3 is 1. The molecule has 0 saturated carbocycles.